The van der Waals surface area contributed by atoms with E-state index >= 15 is 0 Å². The fourth-order valence-electron chi connectivity index (χ4n) is 1.14. The molecule has 4 nitrogen and oxygen atoms in total. The minimum atomic E-state index is -4.59. The molecule has 0 heterocycles. The molecule has 1 N–H and O–H groups in total. The van der Waals surface area contributed by atoms with Crippen molar-refractivity contribution in [1.82, 2.24) is 0 Å². The van der Waals surface area contributed by atoms with Crippen LogP contribution in [-0.2, 0) is 4.74 Å². The van der Waals surface area contributed by atoms with E-state index in [1.165, 1.54) is 6.07 Å². The fourth-order valence-corrected chi connectivity index (χ4v) is 1.77. The monoisotopic (exact) mass is 277 g/mol. The largest absolute Gasteiger partial charge is 0.507 e. The van der Waals surface area contributed by atoms with Crippen molar-refractivity contribution in [1.29, 1.82) is 5.26 Å². The number of carbonyl (C=O) groups excluding carboxylic acids is 1. The van der Waals surface area contributed by atoms with Crippen LogP contribution in [-0.4, -0.2) is 23.7 Å². The number of hydrogen-bond acceptors (Lipinski definition) is 5. The third-order valence-corrected chi connectivity index (χ3v) is 2.64. The van der Waals surface area contributed by atoms with Crippen molar-refractivity contribution in [3.05, 3.63) is 23.3 Å². The van der Waals surface area contributed by atoms with Gasteiger partial charge < -0.3 is 9.84 Å². The molecule has 0 aromatic heterocycles. The number of nitrogens with zero attached hydrogens (tertiary/aromatic N) is 1. The molecule has 0 aliphatic rings. The predicted molar refractivity (Wildman–Crippen MR) is 56.1 cm³/mol. The van der Waals surface area contributed by atoms with Gasteiger partial charge in [0, 0.05) is 4.90 Å². The van der Waals surface area contributed by atoms with Crippen molar-refractivity contribution in [2.75, 3.05) is 7.11 Å². The maximum absolute atomic E-state index is 12.2. The van der Waals surface area contributed by atoms with E-state index in [-0.39, 0.29) is 11.1 Å². The number of phenols is 1. The van der Waals surface area contributed by atoms with Gasteiger partial charge in [-0.15, -0.1) is 0 Å². The molecule has 1 rings (SSSR count). The van der Waals surface area contributed by atoms with E-state index in [0.717, 1.165) is 13.2 Å². The Hall–Kier alpha value is -1.88. The van der Waals surface area contributed by atoms with E-state index in [4.69, 9.17) is 5.26 Å². The highest BCUT2D eigenvalue weighted by molar-refractivity contribution is 8.00. The SMILES string of the molecule is COC(=O)c1cc(C#N)c(SC(F)(F)F)cc1O. The van der Waals surface area contributed by atoms with Gasteiger partial charge >= 0.3 is 11.5 Å². The number of thioether (sulfide) groups is 1. The molecule has 8 heteroatoms. The van der Waals surface area contributed by atoms with Crippen LogP contribution >= 0.6 is 11.8 Å². The standard InChI is InChI=1S/C10H6F3NO3S/c1-17-9(16)6-2-5(4-14)8(3-7(6)15)18-10(11,12)13/h2-3,15H,1H3. The van der Waals surface area contributed by atoms with E-state index in [2.05, 4.69) is 4.74 Å². The van der Waals surface area contributed by atoms with Gasteiger partial charge in [-0.2, -0.15) is 18.4 Å². The Balaban J connectivity index is 3.28. The fraction of sp³-hybridized carbons (Fsp3) is 0.200. The van der Waals surface area contributed by atoms with Crippen molar-refractivity contribution in [2.45, 2.75) is 10.4 Å². The number of halogens is 3. The van der Waals surface area contributed by atoms with Gasteiger partial charge in [0.2, 0.25) is 0 Å². The van der Waals surface area contributed by atoms with Crippen LogP contribution < -0.4 is 0 Å². The van der Waals surface area contributed by atoms with Crippen molar-refractivity contribution in [3.63, 3.8) is 0 Å². The summed E-state index contributed by atoms with van der Waals surface area (Å²) in [5, 5.41) is 18.1. The molecule has 0 radical (unpaired) electrons. The number of carbonyl (C=O) groups is 1. The smallest absolute Gasteiger partial charge is 0.446 e. The van der Waals surface area contributed by atoms with Crippen LogP contribution in [0.1, 0.15) is 15.9 Å². The number of phenolic OH excluding ortho intramolecular Hbond substituents is 1. The Labute approximate surface area is 104 Å². The number of alkyl halides is 3. The van der Waals surface area contributed by atoms with Crippen molar-refractivity contribution >= 4 is 17.7 Å². The normalized spacial score (nSPS) is 10.8. The highest BCUT2D eigenvalue weighted by atomic mass is 32.2. The van der Waals surface area contributed by atoms with Crippen molar-refractivity contribution < 1.29 is 27.8 Å². The van der Waals surface area contributed by atoms with Crippen molar-refractivity contribution in [3.8, 4) is 11.8 Å². The first-order valence-electron chi connectivity index (χ1n) is 4.39. The average molecular weight is 277 g/mol. The molecule has 0 aliphatic carbocycles. The first-order valence-corrected chi connectivity index (χ1v) is 5.21. The lowest BCUT2D eigenvalue weighted by atomic mass is 10.1. The zero-order chi connectivity index (χ0) is 13.9. The number of benzene rings is 1. The van der Waals surface area contributed by atoms with E-state index in [9.17, 15) is 23.1 Å². The Kier molecular flexibility index (Phi) is 4.08. The molecule has 1 aromatic rings. The van der Waals surface area contributed by atoms with Crippen LogP contribution in [0.5, 0.6) is 5.75 Å². The Morgan fingerprint density at radius 2 is 2.11 bits per heavy atom. The molecular formula is C10H6F3NO3S. The number of nitriles is 1. The molecule has 96 valence electrons. The molecule has 0 saturated carbocycles. The van der Waals surface area contributed by atoms with Gasteiger partial charge in [-0.25, -0.2) is 4.79 Å². The van der Waals surface area contributed by atoms with Gasteiger partial charge in [0.1, 0.15) is 17.4 Å². The first-order chi connectivity index (χ1) is 8.28. The van der Waals surface area contributed by atoms with Gasteiger partial charge in [-0.05, 0) is 23.9 Å². The number of ether oxygens (including phenoxy) is 1. The quantitative estimate of drug-likeness (QED) is 0.664. The Bertz CT molecular complexity index is 522. The number of rotatable bonds is 2. The van der Waals surface area contributed by atoms with Gasteiger partial charge in [0.05, 0.1) is 12.7 Å². The lowest BCUT2D eigenvalue weighted by Crippen LogP contribution is -2.04. The second-order valence-electron chi connectivity index (χ2n) is 3.02. The minimum absolute atomic E-state index is 0.361. The second-order valence-corrected chi connectivity index (χ2v) is 4.12. The van der Waals surface area contributed by atoms with Gasteiger partial charge in [0.25, 0.3) is 0 Å². The maximum atomic E-state index is 12.2. The Morgan fingerprint density at radius 1 is 1.50 bits per heavy atom. The topological polar surface area (TPSA) is 70.3 Å². The first kappa shape index (κ1) is 14.2. The summed E-state index contributed by atoms with van der Waals surface area (Å²) in [5.41, 5.74) is -5.32. The second kappa shape index (κ2) is 5.18. The summed E-state index contributed by atoms with van der Waals surface area (Å²) in [5.74, 6) is -1.61. The summed E-state index contributed by atoms with van der Waals surface area (Å²) in [6, 6.07) is 3.09. The Morgan fingerprint density at radius 3 is 2.56 bits per heavy atom. The average Bonchev–Trinajstić information content (AvgIpc) is 2.26. The van der Waals surface area contributed by atoms with Gasteiger partial charge in [-0.3, -0.25) is 0 Å². The predicted octanol–water partition coefficient (Wildman–Crippen LogP) is 2.66. The minimum Gasteiger partial charge on any atom is -0.507 e. The van der Waals surface area contributed by atoms with Crippen LogP contribution in [0, 0.1) is 11.3 Å². The number of aromatic hydroxyl groups is 1. The molecule has 0 atom stereocenters. The van der Waals surface area contributed by atoms with Gasteiger partial charge in [-0.1, -0.05) is 0 Å². The summed E-state index contributed by atoms with van der Waals surface area (Å²) in [6.45, 7) is 0. The highest BCUT2D eigenvalue weighted by Crippen LogP contribution is 2.40. The maximum Gasteiger partial charge on any atom is 0.446 e. The zero-order valence-electron chi connectivity index (χ0n) is 8.91. The van der Waals surface area contributed by atoms with E-state index in [1.54, 1.807) is 0 Å². The van der Waals surface area contributed by atoms with E-state index in [1.807, 2.05) is 0 Å². The summed E-state index contributed by atoms with van der Waals surface area (Å²) in [7, 11) is 1.05. The van der Waals surface area contributed by atoms with Crippen molar-refractivity contribution in [2.24, 2.45) is 0 Å². The summed E-state index contributed by atoms with van der Waals surface area (Å²) >= 11 is -0.540. The molecule has 0 amide bonds. The molecule has 0 fully saturated rings. The highest BCUT2D eigenvalue weighted by Gasteiger charge is 2.31. The molecular weight excluding hydrogens is 271 g/mol. The van der Waals surface area contributed by atoms with Crippen LogP contribution in [0.25, 0.3) is 0 Å². The molecule has 0 bridgehead atoms. The number of methoxy groups -OCH3 is 1. The molecule has 0 spiro atoms. The third kappa shape index (κ3) is 3.30. The lowest BCUT2D eigenvalue weighted by Gasteiger charge is -2.09. The summed E-state index contributed by atoms with van der Waals surface area (Å²) in [6.07, 6.45) is 0. The number of esters is 1. The van der Waals surface area contributed by atoms with E-state index in [0.29, 0.717) is 6.07 Å². The van der Waals surface area contributed by atoms with Crippen LogP contribution in [0.2, 0.25) is 0 Å². The van der Waals surface area contributed by atoms with Gasteiger partial charge in [0.15, 0.2) is 0 Å². The number of hydrogen-bond donors (Lipinski definition) is 1. The lowest BCUT2D eigenvalue weighted by molar-refractivity contribution is -0.0328. The van der Waals surface area contributed by atoms with Crippen LogP contribution in [0.3, 0.4) is 0 Å². The van der Waals surface area contributed by atoms with Crippen LogP contribution in [0.4, 0.5) is 13.2 Å². The molecule has 1 aromatic carbocycles. The van der Waals surface area contributed by atoms with E-state index < -0.39 is 33.9 Å². The summed E-state index contributed by atoms with van der Waals surface area (Å²) in [4.78, 5) is 10.7. The summed E-state index contributed by atoms with van der Waals surface area (Å²) < 4.78 is 40.9. The van der Waals surface area contributed by atoms with Crippen LogP contribution in [0.15, 0.2) is 17.0 Å². The molecule has 0 saturated heterocycles. The molecule has 0 unspecified atom stereocenters. The third-order valence-electron chi connectivity index (χ3n) is 1.85. The molecule has 0 aliphatic heterocycles. The zero-order valence-corrected chi connectivity index (χ0v) is 9.72. The molecule has 18 heavy (non-hydrogen) atoms.